The molecule has 0 aromatic heterocycles. The molecule has 32 heavy (non-hydrogen) atoms. The number of amides is 2. The Labute approximate surface area is 185 Å². The second kappa shape index (κ2) is 9.74. The second-order valence-electron chi connectivity index (χ2n) is 7.48. The Morgan fingerprint density at radius 2 is 1.59 bits per heavy atom. The van der Waals surface area contributed by atoms with Gasteiger partial charge in [0.2, 0.25) is 5.91 Å². The van der Waals surface area contributed by atoms with Gasteiger partial charge in [0.25, 0.3) is 11.6 Å². The summed E-state index contributed by atoms with van der Waals surface area (Å²) in [6, 6.07) is 17.1. The molecule has 0 aliphatic heterocycles. The van der Waals surface area contributed by atoms with Crippen LogP contribution < -0.4 is 16.0 Å². The predicted molar refractivity (Wildman–Crippen MR) is 124 cm³/mol. The fourth-order valence-corrected chi connectivity index (χ4v) is 3.43. The van der Waals surface area contributed by atoms with E-state index in [4.69, 9.17) is 0 Å². The van der Waals surface area contributed by atoms with Crippen LogP contribution in [0.3, 0.4) is 0 Å². The summed E-state index contributed by atoms with van der Waals surface area (Å²) in [5, 5.41) is 19.8. The monoisotopic (exact) mass is 432 g/mol. The van der Waals surface area contributed by atoms with E-state index < -0.39 is 10.8 Å². The first-order valence-corrected chi connectivity index (χ1v) is 10.0. The van der Waals surface area contributed by atoms with Crippen LogP contribution in [-0.4, -0.2) is 23.3 Å². The lowest BCUT2D eigenvalue weighted by Crippen LogP contribution is -2.33. The summed E-state index contributed by atoms with van der Waals surface area (Å²) in [5.74, 6) is -0.961. The average Bonchev–Trinajstić information content (AvgIpc) is 2.75. The highest BCUT2D eigenvalue weighted by Crippen LogP contribution is 2.28. The molecule has 3 aromatic carbocycles. The number of hydrogen-bond acceptors (Lipinski definition) is 5. The molecule has 0 radical (unpaired) electrons. The Kier molecular flexibility index (Phi) is 6.84. The van der Waals surface area contributed by atoms with Gasteiger partial charge in [0, 0.05) is 23.0 Å². The van der Waals surface area contributed by atoms with E-state index in [9.17, 15) is 19.7 Å². The molecular weight excluding hydrogens is 408 g/mol. The third kappa shape index (κ3) is 5.48. The minimum absolute atomic E-state index is 0.0887. The lowest BCUT2D eigenvalue weighted by atomic mass is 10.1. The number of hydrogen-bond donors (Lipinski definition) is 3. The van der Waals surface area contributed by atoms with Crippen LogP contribution in [0.1, 0.15) is 27.0 Å². The molecule has 3 N–H and O–H groups in total. The number of nitrogens with one attached hydrogen (secondary N) is 3. The minimum atomic E-state index is -0.577. The van der Waals surface area contributed by atoms with E-state index in [-0.39, 0.29) is 29.4 Å². The molecule has 0 spiro atoms. The number of nitro benzene ring substituents is 1. The third-order valence-corrected chi connectivity index (χ3v) is 4.86. The molecule has 3 rings (SSSR count). The van der Waals surface area contributed by atoms with Crippen molar-refractivity contribution in [2.24, 2.45) is 0 Å². The van der Waals surface area contributed by atoms with E-state index in [0.29, 0.717) is 11.4 Å². The van der Waals surface area contributed by atoms with E-state index in [2.05, 4.69) is 16.0 Å². The van der Waals surface area contributed by atoms with Crippen molar-refractivity contribution in [1.29, 1.82) is 0 Å². The van der Waals surface area contributed by atoms with E-state index in [1.165, 1.54) is 18.2 Å². The summed E-state index contributed by atoms with van der Waals surface area (Å²) in [6.07, 6.45) is 0. The molecule has 0 bridgehead atoms. The van der Waals surface area contributed by atoms with Gasteiger partial charge in [-0.3, -0.25) is 19.7 Å². The molecule has 0 saturated carbocycles. The molecule has 164 valence electrons. The number of para-hydroxylation sites is 1. The summed E-state index contributed by atoms with van der Waals surface area (Å²) < 4.78 is 0. The van der Waals surface area contributed by atoms with Crippen LogP contribution in [0.2, 0.25) is 0 Å². The summed E-state index contributed by atoms with van der Waals surface area (Å²) in [4.78, 5) is 35.8. The third-order valence-electron chi connectivity index (χ3n) is 4.86. The zero-order valence-electron chi connectivity index (χ0n) is 18.1. The number of nitrogens with zero attached hydrogens (tertiary/aromatic N) is 1. The maximum absolute atomic E-state index is 12.5. The standard InChI is InChI=1S/C24H24N4O4/c1-15-11-16(2)23(17(3)12-15)27-22(29)14-25-24(30)18-9-10-20(21(13-18)28(31)32)26-19-7-5-4-6-8-19/h4-13,26H,14H2,1-3H3,(H,25,30)(H,27,29). The molecule has 8 nitrogen and oxygen atoms in total. The average molecular weight is 432 g/mol. The second-order valence-corrected chi connectivity index (χ2v) is 7.48. The fourth-order valence-electron chi connectivity index (χ4n) is 3.43. The van der Waals surface area contributed by atoms with E-state index in [1.54, 1.807) is 24.3 Å². The van der Waals surface area contributed by atoms with E-state index >= 15 is 0 Å². The topological polar surface area (TPSA) is 113 Å². The smallest absolute Gasteiger partial charge is 0.293 e. The van der Waals surface area contributed by atoms with Crippen LogP contribution in [-0.2, 0) is 4.79 Å². The summed E-state index contributed by atoms with van der Waals surface area (Å²) in [7, 11) is 0. The maximum Gasteiger partial charge on any atom is 0.293 e. The minimum Gasteiger partial charge on any atom is -0.350 e. The molecule has 8 heteroatoms. The largest absolute Gasteiger partial charge is 0.350 e. The quantitative estimate of drug-likeness (QED) is 0.372. The number of anilines is 3. The zero-order valence-corrected chi connectivity index (χ0v) is 18.1. The first-order valence-electron chi connectivity index (χ1n) is 10.0. The number of carbonyl (C=O) groups is 2. The van der Waals surface area contributed by atoms with Crippen molar-refractivity contribution in [1.82, 2.24) is 5.32 Å². The van der Waals surface area contributed by atoms with Gasteiger partial charge in [-0.05, 0) is 56.2 Å². The van der Waals surface area contributed by atoms with Gasteiger partial charge in [-0.1, -0.05) is 35.9 Å². The Bertz CT molecular complexity index is 1150. The number of rotatable bonds is 7. The van der Waals surface area contributed by atoms with Gasteiger partial charge in [0.15, 0.2) is 0 Å². The van der Waals surface area contributed by atoms with Crippen molar-refractivity contribution in [2.75, 3.05) is 17.2 Å². The number of carbonyl (C=O) groups excluding carboxylic acids is 2. The first kappa shape index (κ1) is 22.5. The molecule has 0 aliphatic rings. The Hall–Kier alpha value is -4.20. The highest BCUT2D eigenvalue weighted by Gasteiger charge is 2.18. The Morgan fingerprint density at radius 3 is 2.22 bits per heavy atom. The molecule has 2 amide bonds. The van der Waals surface area contributed by atoms with Crippen molar-refractivity contribution in [2.45, 2.75) is 20.8 Å². The molecule has 0 aliphatic carbocycles. The molecule has 0 saturated heterocycles. The number of nitro groups is 1. The van der Waals surface area contributed by atoms with Gasteiger partial charge in [0.1, 0.15) is 5.69 Å². The first-order chi connectivity index (χ1) is 15.2. The molecule has 0 atom stereocenters. The maximum atomic E-state index is 12.5. The van der Waals surface area contributed by atoms with Crippen molar-refractivity contribution < 1.29 is 14.5 Å². The lowest BCUT2D eigenvalue weighted by Gasteiger charge is -2.13. The van der Waals surface area contributed by atoms with Crippen molar-refractivity contribution in [3.8, 4) is 0 Å². The molecule has 3 aromatic rings. The highest BCUT2D eigenvalue weighted by atomic mass is 16.6. The SMILES string of the molecule is Cc1cc(C)c(NC(=O)CNC(=O)c2ccc(Nc3ccccc3)c([N+](=O)[O-])c2)c(C)c1. The zero-order chi connectivity index (χ0) is 23.3. The highest BCUT2D eigenvalue weighted by molar-refractivity contribution is 6.00. The van der Waals surface area contributed by atoms with Crippen LogP contribution in [0.15, 0.2) is 60.7 Å². The van der Waals surface area contributed by atoms with Gasteiger partial charge in [-0.15, -0.1) is 0 Å². The van der Waals surface area contributed by atoms with Crippen LogP contribution >= 0.6 is 0 Å². The van der Waals surface area contributed by atoms with Crippen molar-refractivity contribution in [3.05, 3.63) is 93.0 Å². The number of benzene rings is 3. The van der Waals surface area contributed by atoms with Gasteiger partial charge < -0.3 is 16.0 Å². The van der Waals surface area contributed by atoms with Crippen molar-refractivity contribution >= 4 is 34.6 Å². The van der Waals surface area contributed by atoms with Crippen LogP contribution in [0, 0.1) is 30.9 Å². The molecule has 0 heterocycles. The normalized spacial score (nSPS) is 10.3. The van der Waals surface area contributed by atoms with E-state index in [1.807, 2.05) is 39.0 Å². The van der Waals surface area contributed by atoms with E-state index in [0.717, 1.165) is 16.7 Å². The summed E-state index contributed by atoms with van der Waals surface area (Å²) in [5.41, 5.74) is 4.47. The van der Waals surface area contributed by atoms with Crippen LogP contribution in [0.5, 0.6) is 0 Å². The van der Waals surface area contributed by atoms with Gasteiger partial charge in [-0.2, -0.15) is 0 Å². The van der Waals surface area contributed by atoms with Gasteiger partial charge >= 0.3 is 0 Å². The Morgan fingerprint density at radius 1 is 0.938 bits per heavy atom. The summed E-state index contributed by atoms with van der Waals surface area (Å²) >= 11 is 0. The van der Waals surface area contributed by atoms with Crippen LogP contribution in [0.4, 0.5) is 22.7 Å². The molecule has 0 fully saturated rings. The molecular formula is C24H24N4O4. The predicted octanol–water partition coefficient (Wildman–Crippen LogP) is 4.63. The van der Waals surface area contributed by atoms with Crippen LogP contribution in [0.25, 0.3) is 0 Å². The Balaban J connectivity index is 1.68. The fraction of sp³-hybridized carbons (Fsp3) is 0.167. The summed E-state index contributed by atoms with van der Waals surface area (Å²) in [6.45, 7) is 5.52. The van der Waals surface area contributed by atoms with Gasteiger partial charge in [0.05, 0.1) is 11.5 Å². The molecule has 0 unspecified atom stereocenters. The van der Waals surface area contributed by atoms with Crippen molar-refractivity contribution in [3.63, 3.8) is 0 Å². The van der Waals surface area contributed by atoms with Gasteiger partial charge in [-0.25, -0.2) is 0 Å². The number of aryl methyl sites for hydroxylation is 3. The lowest BCUT2D eigenvalue weighted by molar-refractivity contribution is -0.383.